The minimum Gasteiger partial charge on any atom is -0.489 e. The van der Waals surface area contributed by atoms with E-state index in [2.05, 4.69) is 73.2 Å². The van der Waals surface area contributed by atoms with Gasteiger partial charge in [0.1, 0.15) is 18.0 Å². The molecule has 17 nitrogen and oxygen atoms in total. The number of piperidine rings is 1. The number of nitrogens with one attached hydrogen (secondary N) is 4. The van der Waals surface area contributed by atoms with E-state index >= 15 is 0 Å². The lowest BCUT2D eigenvalue weighted by Gasteiger charge is -2.56. The first kappa shape index (κ1) is 48.7. The van der Waals surface area contributed by atoms with E-state index in [4.69, 9.17) is 9.47 Å². The van der Waals surface area contributed by atoms with Crippen molar-refractivity contribution in [3.8, 4) is 17.2 Å². The van der Waals surface area contributed by atoms with Crippen molar-refractivity contribution in [3.05, 3.63) is 99.7 Å². The standard InChI is InChI=1S/C53H66N8O9S/c1-32(2)39-8-5-6-9-40(39)43-10-7-21-60(43)37-28-53(29-37)18-22-59(23-19-53)36-11-12-41(45(25-36)70-47-24-35-15-20-54-49(35)57-50(47)55-30-33(3)62)51(63)58-71(67,68)38-26-44(61(65)66)48-46(27-38)69-31-42(56-48)34-13-16-52(4,64)17-14-34/h5-6,8-9,11-12,15,20,24-27,32-34,37,42-43,56,62,64H,7,10,13-14,16-19,21-23,28-31H2,1-4H3,(H,58,63)(H2,54,55,57)/t33-,34-,42+,43-,52-/m0/s1. The zero-order chi connectivity index (χ0) is 49.8. The lowest BCUT2D eigenvalue weighted by atomic mass is 9.59. The molecule has 0 bridgehead atoms. The average molecular weight is 991 g/mol. The summed E-state index contributed by atoms with van der Waals surface area (Å²) in [4.78, 5) is 38.5. The molecule has 1 spiro atoms. The number of amides is 1. The molecule has 10 rings (SSSR count). The number of pyridine rings is 1. The number of H-pyrrole nitrogens is 1. The first-order valence-corrected chi connectivity index (χ1v) is 26.8. The summed E-state index contributed by atoms with van der Waals surface area (Å²) >= 11 is 0. The summed E-state index contributed by atoms with van der Waals surface area (Å²) < 4.78 is 43.0. The van der Waals surface area contributed by atoms with Gasteiger partial charge in [0.2, 0.25) is 0 Å². The Balaban J connectivity index is 0.891. The van der Waals surface area contributed by atoms with Gasteiger partial charge in [-0.3, -0.25) is 19.8 Å². The molecule has 0 radical (unpaired) electrons. The maximum absolute atomic E-state index is 14.4. The van der Waals surface area contributed by atoms with Crippen LogP contribution in [0.4, 0.5) is 22.9 Å². The second-order valence-corrected chi connectivity index (χ2v) is 23.1. The Labute approximate surface area is 414 Å². The molecule has 71 heavy (non-hydrogen) atoms. The summed E-state index contributed by atoms with van der Waals surface area (Å²) in [6, 6.07) is 20.5. The number of aromatic nitrogens is 2. The molecular weight excluding hydrogens is 925 g/mol. The lowest BCUT2D eigenvalue weighted by molar-refractivity contribution is -0.384. The highest BCUT2D eigenvalue weighted by molar-refractivity contribution is 7.90. The van der Waals surface area contributed by atoms with Gasteiger partial charge in [0, 0.05) is 67.2 Å². The molecule has 5 heterocycles. The maximum Gasteiger partial charge on any atom is 0.297 e. The number of sulfonamides is 1. The van der Waals surface area contributed by atoms with E-state index in [1.54, 1.807) is 44.3 Å². The molecule has 2 saturated heterocycles. The molecule has 5 aromatic rings. The third-order valence-corrected chi connectivity index (χ3v) is 17.3. The van der Waals surface area contributed by atoms with Crippen LogP contribution in [0.15, 0.2) is 77.8 Å². The molecule has 3 atom stereocenters. The van der Waals surface area contributed by atoms with Gasteiger partial charge in [0.25, 0.3) is 21.6 Å². The normalized spacial score (nSPS) is 23.9. The van der Waals surface area contributed by atoms with E-state index < -0.39 is 43.1 Å². The fraction of sp³-hybridized carbons (Fsp3) is 0.509. The Kier molecular flexibility index (Phi) is 13.2. The van der Waals surface area contributed by atoms with E-state index in [0.29, 0.717) is 55.1 Å². The number of likely N-dealkylation sites (tertiary alicyclic amines) is 1. The van der Waals surface area contributed by atoms with Gasteiger partial charge < -0.3 is 40.2 Å². The topological polar surface area (TPSA) is 225 Å². The number of aliphatic hydroxyl groups is 2. The number of carbonyl (C=O) groups excluding carboxylic acids is 1. The molecule has 3 aliphatic heterocycles. The number of nitro groups is 1. The molecule has 6 N–H and O–H groups in total. The summed E-state index contributed by atoms with van der Waals surface area (Å²) in [5, 5.41) is 40.2. The number of aliphatic hydroxyl groups excluding tert-OH is 1. The Morgan fingerprint density at radius 3 is 2.49 bits per heavy atom. The molecule has 378 valence electrons. The predicted molar refractivity (Wildman–Crippen MR) is 272 cm³/mol. The fourth-order valence-corrected chi connectivity index (χ4v) is 12.9. The number of carbonyl (C=O) groups is 1. The number of hydrogen-bond acceptors (Lipinski definition) is 14. The van der Waals surface area contributed by atoms with Crippen molar-refractivity contribution < 1.29 is 37.8 Å². The zero-order valence-electron chi connectivity index (χ0n) is 40.9. The number of benzene rings is 3. The second-order valence-electron chi connectivity index (χ2n) is 21.4. The smallest absolute Gasteiger partial charge is 0.297 e. The van der Waals surface area contributed by atoms with Crippen molar-refractivity contribution >= 4 is 49.8 Å². The molecular formula is C53H66N8O9S. The Bertz CT molecular complexity index is 2910. The number of anilines is 3. The first-order chi connectivity index (χ1) is 33.9. The van der Waals surface area contributed by atoms with Crippen molar-refractivity contribution in [1.82, 2.24) is 19.6 Å². The molecule has 1 amide bonds. The zero-order valence-corrected chi connectivity index (χ0v) is 41.8. The van der Waals surface area contributed by atoms with Crippen molar-refractivity contribution in [2.75, 3.05) is 48.3 Å². The van der Waals surface area contributed by atoms with Crippen LogP contribution in [-0.2, 0) is 10.0 Å². The van der Waals surface area contributed by atoms with E-state index in [-0.39, 0.29) is 59.0 Å². The Morgan fingerprint density at radius 2 is 1.76 bits per heavy atom. The molecule has 2 saturated carbocycles. The Morgan fingerprint density at radius 1 is 1.00 bits per heavy atom. The molecule has 18 heteroatoms. The molecule has 2 aliphatic carbocycles. The summed E-state index contributed by atoms with van der Waals surface area (Å²) in [7, 11) is -4.72. The van der Waals surface area contributed by atoms with Gasteiger partial charge in [-0.25, -0.2) is 18.1 Å². The number of aromatic amines is 1. The number of ether oxygens (including phenoxy) is 2. The highest BCUT2D eigenvalue weighted by atomic mass is 32.2. The Hall–Kier alpha value is -5.95. The van der Waals surface area contributed by atoms with E-state index in [1.165, 1.54) is 42.9 Å². The SMILES string of the molecule is CC(C)c1ccccc1[C@@H]1CCCN1C1CC2(CCN(c3ccc(C(=O)NS(=O)(=O)c4cc5c(c([N+](=O)[O-])c4)N[C@@H]([C@H]4CC[C@](C)(O)CC4)CO5)c(Oc4cc5cc[nH]c5nc4NC[C@H](C)O)c3)CC2)C1. The number of hydrogen-bond donors (Lipinski definition) is 6. The van der Waals surface area contributed by atoms with Crippen molar-refractivity contribution in [2.45, 2.75) is 133 Å². The lowest BCUT2D eigenvalue weighted by Crippen LogP contribution is -2.54. The van der Waals surface area contributed by atoms with Crippen LogP contribution in [0, 0.1) is 21.4 Å². The highest BCUT2D eigenvalue weighted by Gasteiger charge is 2.50. The third kappa shape index (κ3) is 10.00. The van der Waals surface area contributed by atoms with Gasteiger partial charge >= 0.3 is 0 Å². The van der Waals surface area contributed by atoms with Gasteiger partial charge in [-0.1, -0.05) is 38.1 Å². The predicted octanol–water partition coefficient (Wildman–Crippen LogP) is 9.00. The molecule has 2 aromatic heterocycles. The summed E-state index contributed by atoms with van der Waals surface area (Å²) in [6.45, 7) is 11.0. The van der Waals surface area contributed by atoms with Crippen molar-refractivity contribution in [1.29, 1.82) is 0 Å². The summed E-state index contributed by atoms with van der Waals surface area (Å²) in [5.74, 6) is 0.145. The summed E-state index contributed by atoms with van der Waals surface area (Å²) in [5.41, 5.74) is 3.27. The fourth-order valence-electron chi connectivity index (χ4n) is 11.9. The van der Waals surface area contributed by atoms with Crippen molar-refractivity contribution in [2.24, 2.45) is 11.3 Å². The largest absolute Gasteiger partial charge is 0.489 e. The molecule has 5 aliphatic rings. The van der Waals surface area contributed by atoms with Crippen LogP contribution in [0.2, 0.25) is 0 Å². The van der Waals surface area contributed by atoms with E-state index in [9.17, 15) is 33.5 Å². The van der Waals surface area contributed by atoms with Gasteiger partial charge in [-0.05, 0) is 137 Å². The minimum atomic E-state index is -4.72. The monoisotopic (exact) mass is 990 g/mol. The van der Waals surface area contributed by atoms with Gasteiger partial charge in [0.15, 0.2) is 23.0 Å². The van der Waals surface area contributed by atoms with Crippen LogP contribution in [-0.4, -0.2) is 101 Å². The number of nitro benzene ring substituents is 1. The number of fused-ring (bicyclic) bond motifs is 2. The van der Waals surface area contributed by atoms with Crippen LogP contribution in [0.1, 0.15) is 125 Å². The first-order valence-electron chi connectivity index (χ1n) is 25.3. The van der Waals surface area contributed by atoms with Gasteiger partial charge in [-0.15, -0.1) is 0 Å². The average Bonchev–Trinajstić information content (AvgIpc) is 4.02. The van der Waals surface area contributed by atoms with Crippen LogP contribution in [0.3, 0.4) is 0 Å². The quantitative estimate of drug-likeness (QED) is 0.0451. The third-order valence-electron chi connectivity index (χ3n) is 16.0. The summed E-state index contributed by atoms with van der Waals surface area (Å²) in [6.07, 6.45) is 10.4. The van der Waals surface area contributed by atoms with E-state index in [0.717, 1.165) is 49.6 Å². The van der Waals surface area contributed by atoms with Crippen LogP contribution >= 0.6 is 0 Å². The minimum absolute atomic E-state index is 0.0160. The van der Waals surface area contributed by atoms with Gasteiger partial charge in [0.05, 0.1) is 33.1 Å². The number of rotatable bonds is 14. The van der Waals surface area contributed by atoms with E-state index in [1.807, 2.05) is 6.07 Å². The highest BCUT2D eigenvalue weighted by Crippen LogP contribution is 2.54. The molecule has 4 fully saturated rings. The maximum atomic E-state index is 14.4. The van der Waals surface area contributed by atoms with Crippen LogP contribution < -0.4 is 29.7 Å². The molecule has 0 unspecified atom stereocenters. The van der Waals surface area contributed by atoms with Crippen molar-refractivity contribution in [3.63, 3.8) is 0 Å². The second kappa shape index (κ2) is 19.2. The molecule has 3 aromatic carbocycles. The van der Waals surface area contributed by atoms with Gasteiger partial charge in [-0.2, -0.15) is 0 Å². The number of nitrogens with zero attached hydrogens (tertiary/aromatic N) is 4. The van der Waals surface area contributed by atoms with Crippen LogP contribution in [0.25, 0.3) is 11.0 Å². The van der Waals surface area contributed by atoms with Crippen LogP contribution in [0.5, 0.6) is 17.2 Å².